The first kappa shape index (κ1) is 13.8. The second kappa shape index (κ2) is 4.81. The lowest BCUT2D eigenvalue weighted by Crippen LogP contribution is -2.09. The molecule has 2 aromatic carbocycles. The predicted molar refractivity (Wildman–Crippen MR) is 81.8 cm³/mol. The monoisotopic (exact) mass is 313 g/mol. The summed E-state index contributed by atoms with van der Waals surface area (Å²) in [7, 11) is 0. The van der Waals surface area contributed by atoms with E-state index >= 15 is 0 Å². The smallest absolute Gasteiger partial charge is 0.336 e. The molecule has 0 fully saturated rings. The van der Waals surface area contributed by atoms with E-state index < -0.39 is 11.9 Å². The molecule has 0 amide bonds. The summed E-state index contributed by atoms with van der Waals surface area (Å²) in [5.41, 5.74) is 0.247. The molecule has 2 aromatic heterocycles. The third-order valence-electron chi connectivity index (χ3n) is 3.65. The van der Waals surface area contributed by atoms with Gasteiger partial charge in [-0.3, -0.25) is 0 Å². The second-order valence-corrected chi connectivity index (χ2v) is 5.15. The molecule has 0 spiro atoms. The molecule has 0 radical (unpaired) electrons. The van der Waals surface area contributed by atoms with Gasteiger partial charge in [0, 0.05) is 10.9 Å². The first-order chi connectivity index (χ1) is 11.0. The van der Waals surface area contributed by atoms with Crippen LogP contribution in [0.5, 0.6) is 0 Å². The first-order valence-electron chi connectivity index (χ1n) is 6.95. The molecule has 6 heteroatoms. The highest BCUT2D eigenvalue weighted by molar-refractivity contribution is 6.04. The number of hydrogen-bond acceptors (Lipinski definition) is 2. The average Bonchev–Trinajstić information content (AvgIpc) is 2.99. The number of hydrogen-bond donors (Lipinski definition) is 1. The lowest BCUT2D eigenvalue weighted by atomic mass is 10.1. The molecule has 3 nitrogen and oxygen atoms in total. The topological polar surface area (TPSA) is 41.6 Å². The number of rotatable bonds is 1. The van der Waals surface area contributed by atoms with E-state index in [1.54, 1.807) is 36.4 Å². The Balaban J connectivity index is 2.11. The Morgan fingerprint density at radius 1 is 0.826 bits per heavy atom. The summed E-state index contributed by atoms with van der Waals surface area (Å²) in [5, 5.41) is 0.592. The zero-order valence-corrected chi connectivity index (χ0v) is 11.7. The van der Waals surface area contributed by atoms with E-state index in [0.29, 0.717) is 11.2 Å². The Morgan fingerprint density at radius 3 is 2.26 bits per heavy atom. The molecular weight excluding hydrogens is 303 g/mol. The maximum atomic E-state index is 13.3. The van der Waals surface area contributed by atoms with Gasteiger partial charge in [0.15, 0.2) is 5.69 Å². The van der Waals surface area contributed by atoms with Crippen molar-refractivity contribution in [1.82, 2.24) is 15.0 Å². The molecule has 23 heavy (non-hydrogen) atoms. The summed E-state index contributed by atoms with van der Waals surface area (Å²) in [4.78, 5) is 11.0. The maximum absolute atomic E-state index is 13.3. The van der Waals surface area contributed by atoms with E-state index in [-0.39, 0.29) is 16.6 Å². The van der Waals surface area contributed by atoms with E-state index in [2.05, 4.69) is 15.0 Å². The molecule has 0 aliphatic carbocycles. The van der Waals surface area contributed by atoms with Crippen molar-refractivity contribution >= 4 is 21.9 Å². The number of imidazole rings is 1. The lowest BCUT2D eigenvalue weighted by Gasteiger charge is -2.08. The van der Waals surface area contributed by atoms with Gasteiger partial charge in [-0.1, -0.05) is 48.5 Å². The van der Waals surface area contributed by atoms with Crippen molar-refractivity contribution in [3.05, 3.63) is 60.3 Å². The van der Waals surface area contributed by atoms with Crippen molar-refractivity contribution in [3.8, 4) is 11.4 Å². The van der Waals surface area contributed by atoms with Crippen molar-refractivity contribution in [2.24, 2.45) is 0 Å². The van der Waals surface area contributed by atoms with Gasteiger partial charge < -0.3 is 4.98 Å². The van der Waals surface area contributed by atoms with E-state index in [1.807, 2.05) is 18.2 Å². The number of alkyl halides is 3. The Kier molecular flexibility index (Phi) is 2.87. The van der Waals surface area contributed by atoms with E-state index in [0.717, 1.165) is 5.56 Å². The molecule has 4 rings (SSSR count). The van der Waals surface area contributed by atoms with Gasteiger partial charge in [-0.15, -0.1) is 0 Å². The number of H-pyrrole nitrogens is 1. The third kappa shape index (κ3) is 2.23. The molecule has 0 saturated heterocycles. The fourth-order valence-corrected chi connectivity index (χ4v) is 2.63. The van der Waals surface area contributed by atoms with Crippen molar-refractivity contribution in [2.45, 2.75) is 6.18 Å². The number of fused-ring (bicyclic) bond motifs is 3. The van der Waals surface area contributed by atoms with Crippen LogP contribution in [-0.2, 0) is 6.18 Å². The summed E-state index contributed by atoms with van der Waals surface area (Å²) in [6, 6.07) is 15.7. The van der Waals surface area contributed by atoms with Crippen molar-refractivity contribution < 1.29 is 13.2 Å². The standard InChI is InChI=1S/C17H10F3N3/c18-17(19,20)15-14-13(11-8-4-5-9-12(11)21-15)22-16(23-14)10-6-2-1-3-7-10/h1-9H,(H,22,23). The van der Waals surface area contributed by atoms with Gasteiger partial charge in [0.05, 0.1) is 11.0 Å². The molecule has 2 heterocycles. The van der Waals surface area contributed by atoms with E-state index in [4.69, 9.17) is 0 Å². The molecule has 114 valence electrons. The summed E-state index contributed by atoms with van der Waals surface area (Å²) in [6.07, 6.45) is -4.55. The van der Waals surface area contributed by atoms with Gasteiger partial charge in [0.1, 0.15) is 11.3 Å². The van der Waals surface area contributed by atoms with Crippen LogP contribution in [0, 0.1) is 0 Å². The molecule has 0 saturated carbocycles. The molecule has 0 aliphatic rings. The van der Waals surface area contributed by atoms with Crippen LogP contribution in [0.15, 0.2) is 54.6 Å². The third-order valence-corrected chi connectivity index (χ3v) is 3.65. The average molecular weight is 313 g/mol. The molecule has 4 aromatic rings. The highest BCUT2D eigenvalue weighted by Crippen LogP contribution is 2.36. The minimum Gasteiger partial charge on any atom is -0.336 e. The molecule has 0 aliphatic heterocycles. The zero-order valence-electron chi connectivity index (χ0n) is 11.7. The maximum Gasteiger partial charge on any atom is 0.435 e. The summed E-state index contributed by atoms with van der Waals surface area (Å²) in [6.45, 7) is 0. The van der Waals surface area contributed by atoms with E-state index in [1.165, 1.54) is 0 Å². The zero-order chi connectivity index (χ0) is 16.0. The number of nitrogens with zero attached hydrogens (tertiary/aromatic N) is 2. The second-order valence-electron chi connectivity index (χ2n) is 5.15. The Labute approximate surface area is 128 Å². The van der Waals surface area contributed by atoms with Crippen LogP contribution in [0.25, 0.3) is 33.3 Å². The number of aromatic nitrogens is 3. The molecule has 0 unspecified atom stereocenters. The Morgan fingerprint density at radius 2 is 1.52 bits per heavy atom. The quantitative estimate of drug-likeness (QED) is 0.548. The van der Waals surface area contributed by atoms with Crippen LogP contribution in [0.2, 0.25) is 0 Å². The summed E-state index contributed by atoms with van der Waals surface area (Å²) < 4.78 is 40.0. The van der Waals surface area contributed by atoms with Crippen LogP contribution in [0.3, 0.4) is 0 Å². The van der Waals surface area contributed by atoms with Gasteiger partial charge >= 0.3 is 6.18 Å². The largest absolute Gasteiger partial charge is 0.435 e. The highest BCUT2D eigenvalue weighted by Gasteiger charge is 2.36. The molecular formula is C17H10F3N3. The minimum atomic E-state index is -4.55. The number of pyridine rings is 1. The minimum absolute atomic E-state index is 0.0879. The van der Waals surface area contributed by atoms with Gasteiger partial charge in [0.25, 0.3) is 0 Å². The van der Waals surface area contributed by atoms with Gasteiger partial charge in [-0.05, 0) is 6.07 Å². The molecule has 0 atom stereocenters. The van der Waals surface area contributed by atoms with Crippen molar-refractivity contribution in [1.29, 1.82) is 0 Å². The van der Waals surface area contributed by atoms with Gasteiger partial charge in [0.2, 0.25) is 0 Å². The SMILES string of the molecule is FC(F)(F)c1nc2ccccc2c2nc(-c3ccccc3)[nH]c12. The number of para-hydroxylation sites is 1. The summed E-state index contributed by atoms with van der Waals surface area (Å²) >= 11 is 0. The van der Waals surface area contributed by atoms with Crippen molar-refractivity contribution in [3.63, 3.8) is 0 Å². The number of benzene rings is 2. The normalized spacial score (nSPS) is 12.1. The van der Waals surface area contributed by atoms with Crippen LogP contribution in [-0.4, -0.2) is 15.0 Å². The van der Waals surface area contributed by atoms with Crippen LogP contribution in [0.4, 0.5) is 13.2 Å². The highest BCUT2D eigenvalue weighted by atomic mass is 19.4. The Hall–Kier alpha value is -2.89. The van der Waals surface area contributed by atoms with Gasteiger partial charge in [-0.25, -0.2) is 9.97 Å². The predicted octanol–water partition coefficient (Wildman–Crippen LogP) is 4.80. The molecule has 1 N–H and O–H groups in total. The van der Waals surface area contributed by atoms with Crippen LogP contribution in [0.1, 0.15) is 5.69 Å². The van der Waals surface area contributed by atoms with E-state index in [9.17, 15) is 13.2 Å². The van der Waals surface area contributed by atoms with Crippen LogP contribution >= 0.6 is 0 Å². The van der Waals surface area contributed by atoms with Crippen LogP contribution < -0.4 is 0 Å². The first-order valence-corrected chi connectivity index (χ1v) is 6.95. The fourth-order valence-electron chi connectivity index (χ4n) is 2.63. The Bertz CT molecular complexity index is 1000. The number of halogens is 3. The lowest BCUT2D eigenvalue weighted by molar-refractivity contribution is -0.139. The fraction of sp³-hybridized carbons (Fsp3) is 0.0588. The molecule has 0 bridgehead atoms. The summed E-state index contributed by atoms with van der Waals surface area (Å²) in [5.74, 6) is 0.393. The number of nitrogens with one attached hydrogen (secondary N) is 1. The number of aromatic amines is 1. The van der Waals surface area contributed by atoms with Gasteiger partial charge in [-0.2, -0.15) is 13.2 Å². The van der Waals surface area contributed by atoms with Crippen molar-refractivity contribution in [2.75, 3.05) is 0 Å².